The minimum atomic E-state index is -0.217. The number of carbonyl (C=O) groups excluding carboxylic acids is 1. The molecule has 0 unspecified atom stereocenters. The van der Waals surface area contributed by atoms with Crippen LogP contribution in [0.15, 0.2) is 40.9 Å². The van der Waals surface area contributed by atoms with E-state index in [0.717, 1.165) is 10.0 Å². The van der Waals surface area contributed by atoms with Gasteiger partial charge in [-0.15, -0.1) is 0 Å². The van der Waals surface area contributed by atoms with E-state index in [9.17, 15) is 4.79 Å². The fraction of sp³-hybridized carbons (Fsp3) is 0.0769. The summed E-state index contributed by atoms with van der Waals surface area (Å²) in [5.41, 5.74) is 1.64. The Morgan fingerprint density at radius 2 is 2.11 bits per heavy atom. The van der Waals surface area contributed by atoms with E-state index in [1.54, 1.807) is 30.3 Å². The molecule has 0 saturated heterocycles. The van der Waals surface area contributed by atoms with E-state index < -0.39 is 0 Å². The number of nitrogens with one attached hydrogen (secondary N) is 1. The summed E-state index contributed by atoms with van der Waals surface area (Å²) in [5.74, 6) is 0.217. The number of benzene rings is 1. The maximum Gasteiger partial charge on any atom is 0.256 e. The van der Waals surface area contributed by atoms with Gasteiger partial charge in [-0.3, -0.25) is 4.79 Å². The molecule has 1 amide bonds. The Hall–Kier alpha value is -1.39. The third kappa shape index (κ3) is 3.09. The minimum Gasteiger partial charge on any atom is -0.307 e. The number of aromatic nitrogens is 1. The van der Waals surface area contributed by atoms with Crippen LogP contribution in [0, 0.1) is 6.92 Å². The van der Waals surface area contributed by atoms with Gasteiger partial charge in [0.2, 0.25) is 0 Å². The van der Waals surface area contributed by atoms with Crippen molar-refractivity contribution in [1.82, 2.24) is 4.98 Å². The number of aryl methyl sites for hydroxylation is 1. The van der Waals surface area contributed by atoms with Gasteiger partial charge in [0, 0.05) is 10.0 Å². The van der Waals surface area contributed by atoms with E-state index in [4.69, 9.17) is 11.6 Å². The predicted molar refractivity (Wildman–Crippen MR) is 76.1 cm³/mol. The van der Waals surface area contributed by atoms with Crippen LogP contribution in [-0.4, -0.2) is 10.9 Å². The molecule has 1 N–H and O–H groups in total. The molecular weight excluding hydrogens is 316 g/mol. The maximum absolute atomic E-state index is 12.0. The van der Waals surface area contributed by atoms with Crippen LogP contribution in [0.4, 0.5) is 5.82 Å². The van der Waals surface area contributed by atoms with Gasteiger partial charge in [-0.05, 0) is 36.8 Å². The molecule has 0 spiro atoms. The maximum atomic E-state index is 12.0. The zero-order valence-corrected chi connectivity index (χ0v) is 11.9. The Kier molecular flexibility index (Phi) is 3.99. The Morgan fingerprint density at radius 3 is 2.78 bits per heavy atom. The molecule has 0 aliphatic rings. The van der Waals surface area contributed by atoms with Crippen molar-refractivity contribution in [3.8, 4) is 0 Å². The average molecular weight is 326 g/mol. The van der Waals surface area contributed by atoms with E-state index in [0.29, 0.717) is 16.5 Å². The number of anilines is 1. The van der Waals surface area contributed by atoms with Crippen LogP contribution >= 0.6 is 27.5 Å². The molecule has 5 heteroatoms. The van der Waals surface area contributed by atoms with E-state index >= 15 is 0 Å². The highest BCUT2D eigenvalue weighted by Crippen LogP contribution is 2.18. The molecule has 1 heterocycles. The highest BCUT2D eigenvalue weighted by Gasteiger charge is 2.08. The van der Waals surface area contributed by atoms with Gasteiger partial charge in [0.25, 0.3) is 5.91 Å². The van der Waals surface area contributed by atoms with Crippen LogP contribution in [0.2, 0.25) is 5.15 Å². The molecule has 1 aromatic heterocycles. The van der Waals surface area contributed by atoms with Gasteiger partial charge in [-0.25, -0.2) is 4.98 Å². The lowest BCUT2D eigenvalue weighted by molar-refractivity contribution is 0.102. The number of halogens is 2. The summed E-state index contributed by atoms with van der Waals surface area (Å²) < 4.78 is 0.897. The van der Waals surface area contributed by atoms with Crippen molar-refractivity contribution in [3.63, 3.8) is 0 Å². The fourth-order valence-corrected chi connectivity index (χ4v) is 1.94. The normalized spacial score (nSPS) is 10.2. The van der Waals surface area contributed by atoms with Gasteiger partial charge < -0.3 is 5.32 Å². The first-order valence-electron chi connectivity index (χ1n) is 5.26. The zero-order valence-electron chi connectivity index (χ0n) is 9.58. The first-order valence-corrected chi connectivity index (χ1v) is 6.43. The second-order valence-electron chi connectivity index (χ2n) is 3.76. The van der Waals surface area contributed by atoms with Crippen LogP contribution in [0.5, 0.6) is 0 Å². The average Bonchev–Trinajstić information content (AvgIpc) is 2.32. The molecule has 0 aliphatic carbocycles. The molecule has 1 aromatic carbocycles. The Bertz CT molecular complexity index is 601. The molecular formula is C13H10BrClN2O. The van der Waals surface area contributed by atoms with Crippen molar-refractivity contribution in [3.05, 3.63) is 57.2 Å². The summed E-state index contributed by atoms with van der Waals surface area (Å²) in [4.78, 5) is 16.0. The summed E-state index contributed by atoms with van der Waals surface area (Å²) in [6.45, 7) is 1.96. The van der Waals surface area contributed by atoms with Gasteiger partial charge in [0.05, 0.1) is 0 Å². The first-order chi connectivity index (χ1) is 8.56. The number of amides is 1. The summed E-state index contributed by atoms with van der Waals surface area (Å²) in [6.07, 6.45) is 0. The van der Waals surface area contributed by atoms with Gasteiger partial charge in [0.15, 0.2) is 0 Å². The largest absolute Gasteiger partial charge is 0.307 e. The van der Waals surface area contributed by atoms with Crippen LogP contribution in [0.1, 0.15) is 15.9 Å². The van der Waals surface area contributed by atoms with Crippen molar-refractivity contribution in [2.45, 2.75) is 6.92 Å². The van der Waals surface area contributed by atoms with Gasteiger partial charge in [-0.1, -0.05) is 39.7 Å². The van der Waals surface area contributed by atoms with Crippen molar-refractivity contribution in [1.29, 1.82) is 0 Å². The number of rotatable bonds is 2. The Balaban J connectivity index is 2.19. The van der Waals surface area contributed by atoms with Crippen LogP contribution < -0.4 is 5.32 Å². The van der Waals surface area contributed by atoms with Crippen molar-refractivity contribution in [2.75, 3.05) is 5.32 Å². The van der Waals surface area contributed by atoms with Crippen LogP contribution in [-0.2, 0) is 0 Å². The predicted octanol–water partition coefficient (Wildman–Crippen LogP) is 4.06. The lowest BCUT2D eigenvalue weighted by Crippen LogP contribution is -2.13. The number of hydrogen-bond donors (Lipinski definition) is 1. The Labute approximate surface area is 118 Å². The SMILES string of the molecule is Cc1ccc(C(=O)Nc2cccc(Cl)n2)cc1Br. The molecule has 0 atom stereocenters. The summed E-state index contributed by atoms with van der Waals surface area (Å²) in [5, 5.41) is 3.04. The molecule has 92 valence electrons. The number of hydrogen-bond acceptors (Lipinski definition) is 2. The molecule has 0 aliphatic heterocycles. The molecule has 0 bridgehead atoms. The van der Waals surface area contributed by atoms with Gasteiger partial charge in [0.1, 0.15) is 11.0 Å². The molecule has 3 nitrogen and oxygen atoms in total. The van der Waals surface area contributed by atoms with E-state index in [1.165, 1.54) is 0 Å². The molecule has 0 radical (unpaired) electrons. The van der Waals surface area contributed by atoms with Crippen LogP contribution in [0.3, 0.4) is 0 Å². The standard InChI is InChI=1S/C13H10BrClN2O/c1-8-5-6-9(7-10(8)14)13(18)17-12-4-2-3-11(15)16-12/h2-7H,1H3,(H,16,17,18). The molecule has 0 saturated carbocycles. The highest BCUT2D eigenvalue weighted by molar-refractivity contribution is 9.10. The number of nitrogens with zero attached hydrogens (tertiary/aromatic N) is 1. The Morgan fingerprint density at radius 1 is 1.33 bits per heavy atom. The van der Waals surface area contributed by atoms with Gasteiger partial charge in [-0.2, -0.15) is 0 Å². The van der Waals surface area contributed by atoms with Crippen molar-refractivity contribution < 1.29 is 4.79 Å². The second-order valence-corrected chi connectivity index (χ2v) is 5.01. The highest BCUT2D eigenvalue weighted by atomic mass is 79.9. The fourth-order valence-electron chi connectivity index (χ4n) is 1.40. The third-order valence-electron chi connectivity index (χ3n) is 2.39. The smallest absolute Gasteiger partial charge is 0.256 e. The molecule has 2 rings (SSSR count). The number of carbonyl (C=O) groups is 1. The summed E-state index contributed by atoms with van der Waals surface area (Å²) in [7, 11) is 0. The topological polar surface area (TPSA) is 42.0 Å². The lowest BCUT2D eigenvalue weighted by atomic mass is 10.1. The van der Waals surface area contributed by atoms with Gasteiger partial charge >= 0.3 is 0 Å². The van der Waals surface area contributed by atoms with Crippen LogP contribution in [0.25, 0.3) is 0 Å². The number of pyridine rings is 1. The summed E-state index contributed by atoms with van der Waals surface area (Å²) in [6, 6.07) is 10.5. The second kappa shape index (κ2) is 5.50. The quantitative estimate of drug-likeness (QED) is 0.846. The monoisotopic (exact) mass is 324 g/mol. The third-order valence-corrected chi connectivity index (χ3v) is 3.46. The molecule has 18 heavy (non-hydrogen) atoms. The minimum absolute atomic E-state index is 0.217. The van der Waals surface area contributed by atoms with E-state index in [2.05, 4.69) is 26.2 Å². The van der Waals surface area contributed by atoms with E-state index in [1.807, 2.05) is 13.0 Å². The zero-order chi connectivity index (χ0) is 13.1. The van der Waals surface area contributed by atoms with Crippen molar-refractivity contribution in [2.24, 2.45) is 0 Å². The summed E-state index contributed by atoms with van der Waals surface area (Å²) >= 11 is 9.15. The lowest BCUT2D eigenvalue weighted by Gasteiger charge is -2.06. The van der Waals surface area contributed by atoms with Crippen molar-refractivity contribution >= 4 is 39.3 Å². The molecule has 2 aromatic rings. The molecule has 0 fully saturated rings. The van der Waals surface area contributed by atoms with E-state index in [-0.39, 0.29) is 5.91 Å². The first kappa shape index (κ1) is 13.1.